The minimum Gasteiger partial charge on any atom is -0.504 e. The highest BCUT2D eigenvalue weighted by Gasteiger charge is 2.15. The number of hydrogen-bond acceptors (Lipinski definition) is 6. The van der Waals surface area contributed by atoms with Gasteiger partial charge in [0, 0.05) is 37.2 Å². The first-order chi connectivity index (χ1) is 11.0. The number of rotatable bonds is 2. The van der Waals surface area contributed by atoms with Crippen LogP contribution >= 0.6 is 35.6 Å². The van der Waals surface area contributed by atoms with Crippen LogP contribution in [0.1, 0.15) is 5.69 Å². The summed E-state index contributed by atoms with van der Waals surface area (Å²) in [5.41, 5.74) is 0.462. The van der Waals surface area contributed by atoms with Gasteiger partial charge in [0.15, 0.2) is 11.4 Å². The molecule has 23 heavy (non-hydrogen) atoms. The summed E-state index contributed by atoms with van der Waals surface area (Å²) in [5.74, 6) is 0.335. The first-order valence-corrected chi connectivity index (χ1v) is 8.72. The Morgan fingerprint density at radius 2 is 2.17 bits per heavy atom. The quantitative estimate of drug-likeness (QED) is 0.809. The van der Waals surface area contributed by atoms with Gasteiger partial charge in [0.2, 0.25) is 0 Å². The molecule has 1 saturated heterocycles. The molecule has 1 N–H and O–H groups in total. The van der Waals surface area contributed by atoms with E-state index in [4.69, 9.17) is 28.6 Å². The van der Waals surface area contributed by atoms with E-state index in [1.54, 1.807) is 0 Å². The summed E-state index contributed by atoms with van der Waals surface area (Å²) in [7, 11) is 0. The Labute approximate surface area is 147 Å². The normalized spacial score (nSPS) is 15.1. The molecule has 0 aromatic carbocycles. The molecule has 0 atom stereocenters. The van der Waals surface area contributed by atoms with Crippen molar-refractivity contribution in [3.05, 3.63) is 39.4 Å². The Bertz CT molecular complexity index is 806. The van der Waals surface area contributed by atoms with Crippen LogP contribution in [0.4, 0.5) is 0 Å². The molecule has 1 aliphatic heterocycles. The number of ether oxygens (including phenoxy) is 1. The monoisotopic (exact) mass is 371 g/mol. The molecule has 0 amide bonds. The number of thiocarbonyl (C=S) groups is 1. The minimum absolute atomic E-state index is 0.128. The van der Waals surface area contributed by atoms with Crippen LogP contribution in [-0.4, -0.2) is 50.0 Å². The molecule has 1 fully saturated rings. The van der Waals surface area contributed by atoms with Gasteiger partial charge in [-0.15, -0.1) is 0 Å². The van der Waals surface area contributed by atoms with Crippen molar-refractivity contribution in [2.75, 3.05) is 26.3 Å². The lowest BCUT2D eigenvalue weighted by atomic mass is 10.4. The second-order valence-electron chi connectivity index (χ2n) is 4.98. The molecule has 0 radical (unpaired) electrons. The standard InChI is InChI=1S/C14H14ClN3O3S2/c15-9-5-11(19)13-16-10(6-12(20)18(13)7-9)8-23-14(22)17-1-3-21-4-2-17/h5-7,19H,1-4,8H2. The third-order valence-electron chi connectivity index (χ3n) is 3.37. The van der Waals surface area contributed by atoms with Crippen LogP contribution in [0.2, 0.25) is 5.02 Å². The van der Waals surface area contributed by atoms with E-state index in [1.807, 2.05) is 0 Å². The van der Waals surface area contributed by atoms with E-state index >= 15 is 0 Å². The van der Waals surface area contributed by atoms with Gasteiger partial charge < -0.3 is 14.7 Å². The first kappa shape index (κ1) is 16.5. The first-order valence-electron chi connectivity index (χ1n) is 6.95. The van der Waals surface area contributed by atoms with E-state index in [1.165, 1.54) is 34.5 Å². The van der Waals surface area contributed by atoms with Gasteiger partial charge in [0.05, 0.1) is 23.9 Å². The number of hydrogen-bond donors (Lipinski definition) is 1. The summed E-state index contributed by atoms with van der Waals surface area (Å²) >= 11 is 12.7. The number of fused-ring (bicyclic) bond motifs is 1. The van der Waals surface area contributed by atoms with Crippen molar-refractivity contribution in [2.24, 2.45) is 0 Å². The molecule has 0 unspecified atom stereocenters. The highest BCUT2D eigenvalue weighted by atomic mass is 35.5. The number of aromatic nitrogens is 2. The second kappa shape index (κ2) is 7.04. The van der Waals surface area contributed by atoms with Gasteiger partial charge in [0.1, 0.15) is 4.32 Å². The van der Waals surface area contributed by atoms with Gasteiger partial charge in [-0.25, -0.2) is 4.98 Å². The fraction of sp³-hybridized carbons (Fsp3) is 0.357. The maximum atomic E-state index is 12.1. The molecule has 3 rings (SSSR count). The van der Waals surface area contributed by atoms with Gasteiger partial charge in [-0.1, -0.05) is 35.6 Å². The van der Waals surface area contributed by atoms with E-state index < -0.39 is 0 Å². The van der Waals surface area contributed by atoms with E-state index in [2.05, 4.69) is 9.88 Å². The lowest BCUT2D eigenvalue weighted by Gasteiger charge is -2.28. The molecule has 1 aliphatic rings. The predicted octanol–water partition coefficient (Wildman–Crippen LogP) is 1.90. The van der Waals surface area contributed by atoms with Crippen molar-refractivity contribution in [3.8, 4) is 5.75 Å². The van der Waals surface area contributed by atoms with E-state index in [9.17, 15) is 9.90 Å². The zero-order valence-electron chi connectivity index (χ0n) is 12.1. The minimum atomic E-state index is -0.291. The van der Waals surface area contributed by atoms with Gasteiger partial charge >= 0.3 is 0 Å². The van der Waals surface area contributed by atoms with Crippen LogP contribution in [0.5, 0.6) is 5.75 Å². The average molecular weight is 372 g/mol. The number of halogens is 1. The van der Waals surface area contributed by atoms with Crippen molar-refractivity contribution in [1.29, 1.82) is 0 Å². The Morgan fingerprint density at radius 1 is 1.43 bits per heavy atom. The van der Waals surface area contributed by atoms with Crippen LogP contribution in [0.15, 0.2) is 23.1 Å². The molecule has 0 aliphatic carbocycles. The van der Waals surface area contributed by atoms with Crippen LogP contribution in [0.3, 0.4) is 0 Å². The number of thioether (sulfide) groups is 1. The SMILES string of the molecule is O=c1cc(CSC(=S)N2CCOCC2)nc2c(O)cc(Cl)cn12. The molecule has 6 nitrogen and oxygen atoms in total. The zero-order chi connectivity index (χ0) is 16.4. The summed E-state index contributed by atoms with van der Waals surface area (Å²) in [4.78, 5) is 18.5. The highest BCUT2D eigenvalue weighted by Crippen LogP contribution is 2.22. The lowest BCUT2D eigenvalue weighted by Crippen LogP contribution is -2.38. The molecule has 2 aromatic heterocycles. The van der Waals surface area contributed by atoms with E-state index in [-0.39, 0.29) is 22.0 Å². The molecule has 122 valence electrons. The van der Waals surface area contributed by atoms with Crippen molar-refractivity contribution < 1.29 is 9.84 Å². The van der Waals surface area contributed by atoms with Crippen molar-refractivity contribution in [1.82, 2.24) is 14.3 Å². The number of nitrogens with zero attached hydrogens (tertiary/aromatic N) is 3. The molecule has 2 aromatic rings. The summed E-state index contributed by atoms with van der Waals surface area (Å²) in [6, 6.07) is 2.79. The molecule has 3 heterocycles. The number of pyridine rings is 1. The fourth-order valence-corrected chi connectivity index (χ4v) is 3.59. The molecule has 0 bridgehead atoms. The number of aromatic hydroxyl groups is 1. The highest BCUT2D eigenvalue weighted by molar-refractivity contribution is 8.22. The second-order valence-corrected chi connectivity index (χ2v) is 7.02. The Hall–Kier alpha value is -1.35. The summed E-state index contributed by atoms with van der Waals surface area (Å²) < 4.78 is 7.28. The Morgan fingerprint density at radius 3 is 2.91 bits per heavy atom. The van der Waals surface area contributed by atoms with E-state index in [0.29, 0.717) is 24.7 Å². The van der Waals surface area contributed by atoms with Crippen LogP contribution in [0, 0.1) is 0 Å². The summed E-state index contributed by atoms with van der Waals surface area (Å²) in [6.07, 6.45) is 1.43. The fourth-order valence-electron chi connectivity index (χ4n) is 2.25. The average Bonchev–Trinajstić information content (AvgIpc) is 2.54. The lowest BCUT2D eigenvalue weighted by molar-refractivity contribution is 0.0702. The molecule has 0 spiro atoms. The zero-order valence-corrected chi connectivity index (χ0v) is 14.5. The van der Waals surface area contributed by atoms with Crippen molar-refractivity contribution >= 4 is 45.5 Å². The van der Waals surface area contributed by atoms with Crippen LogP contribution in [0.25, 0.3) is 5.65 Å². The van der Waals surface area contributed by atoms with Crippen LogP contribution in [-0.2, 0) is 10.5 Å². The van der Waals surface area contributed by atoms with E-state index in [0.717, 1.165) is 17.4 Å². The van der Waals surface area contributed by atoms with Gasteiger partial charge in [-0.2, -0.15) is 0 Å². The molecular formula is C14H14ClN3O3S2. The summed E-state index contributed by atoms with van der Waals surface area (Å²) in [6.45, 7) is 2.90. The Balaban J connectivity index is 1.78. The third-order valence-corrected chi connectivity index (χ3v) is 5.14. The maximum absolute atomic E-state index is 12.1. The third kappa shape index (κ3) is 3.77. The smallest absolute Gasteiger partial charge is 0.258 e. The van der Waals surface area contributed by atoms with Gasteiger partial charge in [0.25, 0.3) is 5.56 Å². The largest absolute Gasteiger partial charge is 0.504 e. The molecular weight excluding hydrogens is 358 g/mol. The summed E-state index contributed by atoms with van der Waals surface area (Å²) in [5, 5.41) is 10.2. The van der Waals surface area contributed by atoms with Crippen molar-refractivity contribution in [2.45, 2.75) is 5.75 Å². The molecule has 9 heteroatoms. The number of morpholine rings is 1. The molecule has 0 saturated carbocycles. The van der Waals surface area contributed by atoms with Crippen LogP contribution < -0.4 is 5.56 Å². The Kier molecular flexibility index (Phi) is 5.05. The van der Waals surface area contributed by atoms with Crippen molar-refractivity contribution in [3.63, 3.8) is 0 Å². The van der Waals surface area contributed by atoms with Gasteiger partial charge in [-0.05, 0) is 0 Å². The topological polar surface area (TPSA) is 67.1 Å². The predicted molar refractivity (Wildman–Crippen MR) is 94.4 cm³/mol. The maximum Gasteiger partial charge on any atom is 0.258 e. The van der Waals surface area contributed by atoms with Gasteiger partial charge in [-0.3, -0.25) is 9.20 Å².